The molecule has 0 aliphatic heterocycles. The second-order valence-electron chi connectivity index (χ2n) is 10.5. The molecule has 0 spiro atoms. The first-order chi connectivity index (χ1) is 17.4. The first-order valence-corrected chi connectivity index (χ1v) is 14.1. The lowest BCUT2D eigenvalue weighted by Crippen LogP contribution is -2.17. The van der Waals surface area contributed by atoms with E-state index in [1.165, 1.54) is 22.3 Å². The van der Waals surface area contributed by atoms with Crippen LogP contribution in [0.3, 0.4) is 0 Å². The van der Waals surface area contributed by atoms with E-state index in [1.807, 2.05) is 6.08 Å². The molecule has 0 heterocycles. The van der Waals surface area contributed by atoms with Crippen LogP contribution in [0.5, 0.6) is 0 Å². The molecule has 4 N–H and O–H groups in total. The van der Waals surface area contributed by atoms with Crippen molar-refractivity contribution in [2.24, 2.45) is 5.92 Å². The summed E-state index contributed by atoms with van der Waals surface area (Å²) < 4.78 is 0. The van der Waals surface area contributed by atoms with E-state index in [1.54, 1.807) is 0 Å². The van der Waals surface area contributed by atoms with Crippen LogP contribution in [0.4, 0.5) is 0 Å². The zero-order valence-corrected chi connectivity index (χ0v) is 22.2. The van der Waals surface area contributed by atoms with E-state index < -0.39 is 18.2 Å². The van der Waals surface area contributed by atoms with Crippen LogP contribution in [0.15, 0.2) is 47.6 Å². The number of unbranched alkanes of at least 4 members (excludes halogenated alkanes) is 4. The number of aliphatic hydroxyl groups excluding tert-OH is 3. The Morgan fingerprint density at radius 1 is 1.03 bits per heavy atom. The maximum atomic E-state index is 10.9. The monoisotopic (exact) mass is 500 g/mol. The Morgan fingerprint density at radius 3 is 2.47 bits per heavy atom. The van der Waals surface area contributed by atoms with Gasteiger partial charge in [0.25, 0.3) is 0 Å². The lowest BCUT2D eigenvalue weighted by molar-refractivity contribution is -0.137. The van der Waals surface area contributed by atoms with Crippen LogP contribution in [-0.2, 0) is 17.6 Å². The first-order valence-electron chi connectivity index (χ1n) is 14.1. The normalized spacial score (nSPS) is 20.7. The maximum absolute atomic E-state index is 10.9. The SMILES string of the molecule is CCCCC[C@H](O)/C=C/C1=C(\C[C@H](O)CO)C[C@H](CCCCCC(=O)O)CCc2ccccc2CC1. The number of benzene rings is 1. The largest absolute Gasteiger partial charge is 0.481 e. The molecule has 5 heteroatoms. The van der Waals surface area contributed by atoms with Gasteiger partial charge in [-0.1, -0.05) is 87.4 Å². The zero-order valence-electron chi connectivity index (χ0n) is 22.2. The summed E-state index contributed by atoms with van der Waals surface area (Å²) in [6.45, 7) is 1.90. The van der Waals surface area contributed by atoms with Gasteiger partial charge in [0.1, 0.15) is 0 Å². The molecular formula is C31H48O5. The molecular weight excluding hydrogens is 452 g/mol. The third kappa shape index (κ3) is 11.9. The Labute approximate surface area is 218 Å². The van der Waals surface area contributed by atoms with Crippen molar-refractivity contribution >= 4 is 5.97 Å². The Balaban J connectivity index is 2.27. The molecule has 0 amide bonds. The van der Waals surface area contributed by atoms with Crippen molar-refractivity contribution in [3.8, 4) is 0 Å². The fourth-order valence-electron chi connectivity index (χ4n) is 5.26. The van der Waals surface area contributed by atoms with Gasteiger partial charge in [0, 0.05) is 6.42 Å². The average molecular weight is 501 g/mol. The van der Waals surface area contributed by atoms with Crippen LogP contribution in [0.1, 0.15) is 102 Å². The number of aryl methyl sites for hydroxylation is 2. The molecule has 0 fully saturated rings. The van der Waals surface area contributed by atoms with Crippen molar-refractivity contribution < 1.29 is 25.2 Å². The molecule has 0 radical (unpaired) electrons. The molecule has 0 unspecified atom stereocenters. The lowest BCUT2D eigenvalue weighted by Gasteiger charge is -2.25. The number of rotatable bonds is 15. The fourth-order valence-corrected chi connectivity index (χ4v) is 5.26. The number of hydrogen-bond donors (Lipinski definition) is 4. The third-order valence-electron chi connectivity index (χ3n) is 7.41. The second kappa shape index (κ2) is 17.5. The zero-order chi connectivity index (χ0) is 26.2. The minimum atomic E-state index is -0.788. The number of aliphatic carboxylic acids is 1. The molecule has 202 valence electrons. The van der Waals surface area contributed by atoms with Crippen LogP contribution >= 0.6 is 0 Å². The van der Waals surface area contributed by atoms with Crippen molar-refractivity contribution in [3.05, 3.63) is 58.7 Å². The highest BCUT2D eigenvalue weighted by Gasteiger charge is 2.19. The predicted molar refractivity (Wildman–Crippen MR) is 146 cm³/mol. The van der Waals surface area contributed by atoms with E-state index in [0.29, 0.717) is 18.8 Å². The number of allylic oxidation sites excluding steroid dienone is 2. The average Bonchev–Trinajstić information content (AvgIpc) is 2.86. The van der Waals surface area contributed by atoms with Crippen molar-refractivity contribution in [2.75, 3.05) is 6.61 Å². The molecule has 1 aromatic rings. The van der Waals surface area contributed by atoms with Gasteiger partial charge in [-0.3, -0.25) is 4.79 Å². The number of carboxylic acid groups (broad SMARTS) is 1. The Morgan fingerprint density at radius 2 is 1.78 bits per heavy atom. The predicted octanol–water partition coefficient (Wildman–Crippen LogP) is 6.14. The van der Waals surface area contributed by atoms with E-state index in [4.69, 9.17) is 5.11 Å². The molecule has 0 aromatic heterocycles. The Bertz CT molecular complexity index is 828. The Hall–Kier alpha value is -1.95. The van der Waals surface area contributed by atoms with Crippen LogP contribution in [0, 0.1) is 5.92 Å². The van der Waals surface area contributed by atoms with E-state index in [9.17, 15) is 20.1 Å². The summed E-state index contributed by atoms with van der Waals surface area (Å²) in [5.74, 6) is -0.304. The summed E-state index contributed by atoms with van der Waals surface area (Å²) in [6, 6.07) is 8.64. The van der Waals surface area contributed by atoms with Crippen molar-refractivity contribution in [1.29, 1.82) is 0 Å². The van der Waals surface area contributed by atoms with E-state index in [-0.39, 0.29) is 13.0 Å². The topological polar surface area (TPSA) is 98.0 Å². The number of fused-ring (bicyclic) bond motifs is 1. The van der Waals surface area contributed by atoms with Gasteiger partial charge in [0.15, 0.2) is 0 Å². The first kappa shape index (κ1) is 30.3. The maximum Gasteiger partial charge on any atom is 0.303 e. The van der Waals surface area contributed by atoms with E-state index in [0.717, 1.165) is 77.0 Å². The van der Waals surface area contributed by atoms with Gasteiger partial charge in [0.05, 0.1) is 18.8 Å². The second-order valence-corrected chi connectivity index (χ2v) is 10.5. The van der Waals surface area contributed by atoms with Crippen LogP contribution in [0.25, 0.3) is 0 Å². The molecule has 0 saturated heterocycles. The van der Waals surface area contributed by atoms with Crippen molar-refractivity contribution in [1.82, 2.24) is 0 Å². The summed E-state index contributed by atoms with van der Waals surface area (Å²) in [7, 11) is 0. The minimum absolute atomic E-state index is 0.224. The molecule has 1 aromatic carbocycles. The van der Waals surface area contributed by atoms with Gasteiger partial charge in [-0.25, -0.2) is 0 Å². The standard InChI is InChI=1S/C31H48O5/c1-2-3-5-13-29(33)20-19-27-18-17-26-12-9-8-11-25(26)16-15-24(10-6-4-7-14-31(35)36)21-28(27)22-30(34)23-32/h8-9,11-12,19-20,24,29-30,32-34H,2-7,10,13-18,21-23H2,1H3,(H,35,36)/b20-19+,28-27-/t24-,29+,30+/m1/s1. The van der Waals surface area contributed by atoms with Gasteiger partial charge in [0.2, 0.25) is 0 Å². The summed E-state index contributed by atoms with van der Waals surface area (Å²) in [5, 5.41) is 39.4. The van der Waals surface area contributed by atoms with Crippen LogP contribution < -0.4 is 0 Å². The van der Waals surface area contributed by atoms with Gasteiger partial charge in [-0.15, -0.1) is 0 Å². The molecule has 2 rings (SSSR count). The Kier molecular flexibility index (Phi) is 14.7. The molecule has 3 atom stereocenters. The number of carbonyl (C=O) groups is 1. The van der Waals surface area contributed by atoms with Crippen molar-refractivity contribution in [3.63, 3.8) is 0 Å². The quantitative estimate of drug-likeness (QED) is 0.217. The van der Waals surface area contributed by atoms with Gasteiger partial charge in [-0.05, 0) is 74.0 Å². The molecule has 0 bridgehead atoms. The summed E-state index contributed by atoms with van der Waals surface area (Å²) in [5.41, 5.74) is 5.11. The highest BCUT2D eigenvalue weighted by atomic mass is 16.4. The number of carboxylic acids is 1. The summed E-state index contributed by atoms with van der Waals surface area (Å²) >= 11 is 0. The van der Waals surface area contributed by atoms with Crippen molar-refractivity contribution in [2.45, 2.75) is 115 Å². The molecule has 1 aliphatic carbocycles. The molecule has 1 aliphatic rings. The highest BCUT2D eigenvalue weighted by Crippen LogP contribution is 2.32. The molecule has 0 saturated carbocycles. The fraction of sp³-hybridized carbons (Fsp3) is 0.645. The van der Waals surface area contributed by atoms with Gasteiger partial charge < -0.3 is 20.4 Å². The highest BCUT2D eigenvalue weighted by molar-refractivity contribution is 5.66. The van der Waals surface area contributed by atoms with Gasteiger partial charge in [-0.2, -0.15) is 0 Å². The van der Waals surface area contributed by atoms with Gasteiger partial charge >= 0.3 is 5.97 Å². The lowest BCUT2D eigenvalue weighted by atomic mass is 9.81. The number of aliphatic hydroxyl groups is 3. The summed E-state index contributed by atoms with van der Waals surface area (Å²) in [4.78, 5) is 10.9. The third-order valence-corrected chi connectivity index (χ3v) is 7.41. The van der Waals surface area contributed by atoms with E-state index in [2.05, 4.69) is 37.3 Å². The minimum Gasteiger partial charge on any atom is -0.481 e. The molecule has 5 nitrogen and oxygen atoms in total. The van der Waals surface area contributed by atoms with Crippen LogP contribution in [0.2, 0.25) is 0 Å². The smallest absolute Gasteiger partial charge is 0.303 e. The van der Waals surface area contributed by atoms with E-state index >= 15 is 0 Å². The summed E-state index contributed by atoms with van der Waals surface area (Å²) in [6.07, 6.45) is 15.7. The molecule has 36 heavy (non-hydrogen) atoms. The number of hydrogen-bond acceptors (Lipinski definition) is 4. The van der Waals surface area contributed by atoms with Crippen LogP contribution in [-0.4, -0.2) is 45.2 Å².